The zero-order chi connectivity index (χ0) is 29.4. The maximum Gasteiger partial charge on any atom is 0.264 e. The molecule has 2 amide bonds. The average molecular weight is 570 g/mol. The summed E-state index contributed by atoms with van der Waals surface area (Å²) >= 11 is 0. The van der Waals surface area contributed by atoms with Crippen molar-refractivity contribution in [2.24, 2.45) is 0 Å². The summed E-state index contributed by atoms with van der Waals surface area (Å²) < 4.78 is 47.6. The van der Waals surface area contributed by atoms with Crippen LogP contribution < -0.4 is 14.4 Å². The van der Waals surface area contributed by atoms with E-state index in [-0.39, 0.29) is 29.1 Å². The number of nitrogens with one attached hydrogen (secondary N) is 1. The first kappa shape index (κ1) is 30.6. The predicted octanol–water partition coefficient (Wildman–Crippen LogP) is 4.67. The Hall–Kier alpha value is -3.92. The smallest absolute Gasteiger partial charge is 0.264 e. The van der Waals surface area contributed by atoms with Crippen molar-refractivity contribution in [2.45, 2.75) is 58.1 Å². The zero-order valence-electron chi connectivity index (χ0n) is 23.4. The van der Waals surface area contributed by atoms with Crippen LogP contribution in [0.25, 0.3) is 0 Å². The number of halogens is 1. The summed E-state index contributed by atoms with van der Waals surface area (Å²) in [6.45, 7) is 8.97. The van der Waals surface area contributed by atoms with Crippen molar-refractivity contribution in [3.8, 4) is 5.75 Å². The van der Waals surface area contributed by atoms with Crippen molar-refractivity contribution in [1.29, 1.82) is 0 Å². The number of ether oxygens (including phenoxy) is 1. The highest BCUT2D eigenvalue weighted by atomic mass is 32.2. The van der Waals surface area contributed by atoms with E-state index in [0.29, 0.717) is 12.4 Å². The van der Waals surface area contributed by atoms with Crippen LogP contribution in [0.3, 0.4) is 0 Å². The van der Waals surface area contributed by atoms with Gasteiger partial charge in [-0.15, -0.1) is 0 Å². The van der Waals surface area contributed by atoms with Crippen LogP contribution in [0.5, 0.6) is 5.75 Å². The topological polar surface area (TPSA) is 96.0 Å². The van der Waals surface area contributed by atoms with Gasteiger partial charge in [-0.25, -0.2) is 12.8 Å². The molecular weight excluding hydrogens is 533 g/mol. The Bertz CT molecular complexity index is 1390. The molecule has 0 heterocycles. The summed E-state index contributed by atoms with van der Waals surface area (Å²) in [6, 6.07) is 17.2. The molecule has 0 saturated heterocycles. The van der Waals surface area contributed by atoms with E-state index in [2.05, 4.69) is 5.32 Å². The summed E-state index contributed by atoms with van der Waals surface area (Å²) in [5, 5.41) is 2.82. The van der Waals surface area contributed by atoms with Gasteiger partial charge >= 0.3 is 0 Å². The van der Waals surface area contributed by atoms with Crippen LogP contribution in [-0.2, 0) is 26.2 Å². The van der Waals surface area contributed by atoms with Crippen molar-refractivity contribution in [3.63, 3.8) is 0 Å². The number of anilines is 1. The number of aryl methyl sites for hydroxylation is 1. The SMILES string of the molecule is CCOc1ccc(N(CC(=O)N(Cc2ccc(C)cc2)[C@H](C)C(=O)NC(C)C)S(=O)(=O)c2ccc(F)cc2)cc1. The van der Waals surface area contributed by atoms with E-state index in [4.69, 9.17) is 4.74 Å². The second kappa shape index (κ2) is 13.4. The molecule has 3 aromatic rings. The number of carbonyl (C=O) groups excluding carboxylic acids is 2. The normalized spacial score (nSPS) is 12.1. The van der Waals surface area contributed by atoms with E-state index in [9.17, 15) is 22.4 Å². The van der Waals surface area contributed by atoms with Crippen molar-refractivity contribution in [1.82, 2.24) is 10.2 Å². The number of sulfonamides is 1. The number of hydrogen-bond donors (Lipinski definition) is 1. The lowest BCUT2D eigenvalue weighted by Gasteiger charge is -2.32. The molecule has 0 bridgehead atoms. The summed E-state index contributed by atoms with van der Waals surface area (Å²) in [4.78, 5) is 28.0. The van der Waals surface area contributed by atoms with Gasteiger partial charge in [-0.05, 0) is 88.7 Å². The monoisotopic (exact) mass is 569 g/mol. The van der Waals surface area contributed by atoms with E-state index in [0.717, 1.165) is 39.7 Å². The minimum Gasteiger partial charge on any atom is -0.494 e. The van der Waals surface area contributed by atoms with Crippen molar-refractivity contribution in [3.05, 3.63) is 89.7 Å². The lowest BCUT2D eigenvalue weighted by molar-refractivity contribution is -0.139. The van der Waals surface area contributed by atoms with E-state index >= 15 is 0 Å². The second-order valence-corrected chi connectivity index (χ2v) is 11.6. The Balaban J connectivity index is 2.02. The molecule has 0 radical (unpaired) electrons. The Labute approximate surface area is 235 Å². The van der Waals surface area contributed by atoms with Crippen molar-refractivity contribution >= 4 is 27.5 Å². The van der Waals surface area contributed by atoms with Crippen LogP contribution in [0, 0.1) is 12.7 Å². The van der Waals surface area contributed by atoms with Crippen LogP contribution in [-0.4, -0.2) is 50.4 Å². The Kier molecular flexibility index (Phi) is 10.3. The van der Waals surface area contributed by atoms with Gasteiger partial charge in [-0.3, -0.25) is 13.9 Å². The molecule has 0 aliphatic carbocycles. The molecule has 1 atom stereocenters. The standard InChI is InChI=1S/C30H36FN3O5S/c1-6-39-27-15-13-26(14-16-27)34(40(37,38)28-17-11-25(31)12-18-28)20-29(35)33(23(5)30(36)32-21(2)3)19-24-9-7-22(4)8-10-24/h7-18,21,23H,6,19-20H2,1-5H3,(H,32,36)/t23-/m1/s1. The van der Waals surface area contributed by atoms with E-state index < -0.39 is 34.3 Å². The molecule has 3 aromatic carbocycles. The van der Waals surface area contributed by atoms with Gasteiger partial charge in [-0.2, -0.15) is 0 Å². The van der Waals surface area contributed by atoms with Crippen LogP contribution in [0.15, 0.2) is 77.7 Å². The number of hydrogen-bond acceptors (Lipinski definition) is 5. The Morgan fingerprint density at radius 2 is 1.52 bits per heavy atom. The fraction of sp³-hybridized carbons (Fsp3) is 0.333. The first-order valence-corrected chi connectivity index (χ1v) is 14.5. The number of benzene rings is 3. The third-order valence-corrected chi connectivity index (χ3v) is 7.98. The summed E-state index contributed by atoms with van der Waals surface area (Å²) in [7, 11) is -4.29. The van der Waals surface area contributed by atoms with Crippen LogP contribution >= 0.6 is 0 Å². The maximum absolute atomic E-state index is 13.9. The largest absolute Gasteiger partial charge is 0.494 e. The lowest BCUT2D eigenvalue weighted by atomic mass is 10.1. The number of nitrogens with zero attached hydrogens (tertiary/aromatic N) is 2. The Morgan fingerprint density at radius 3 is 2.08 bits per heavy atom. The molecule has 8 nitrogen and oxygen atoms in total. The molecule has 40 heavy (non-hydrogen) atoms. The van der Waals surface area contributed by atoms with Crippen molar-refractivity contribution in [2.75, 3.05) is 17.5 Å². The molecule has 10 heteroatoms. The number of rotatable bonds is 12. The summed E-state index contributed by atoms with van der Waals surface area (Å²) in [6.07, 6.45) is 0. The lowest BCUT2D eigenvalue weighted by Crippen LogP contribution is -2.52. The zero-order valence-corrected chi connectivity index (χ0v) is 24.2. The van der Waals surface area contributed by atoms with Gasteiger partial charge < -0.3 is 15.0 Å². The number of amides is 2. The average Bonchev–Trinajstić information content (AvgIpc) is 2.91. The minimum atomic E-state index is -4.29. The van der Waals surface area contributed by atoms with Gasteiger partial charge in [0, 0.05) is 12.6 Å². The molecule has 0 saturated carbocycles. The molecule has 0 aromatic heterocycles. The van der Waals surface area contributed by atoms with Crippen LogP contribution in [0.1, 0.15) is 38.8 Å². The predicted molar refractivity (Wildman–Crippen MR) is 153 cm³/mol. The summed E-state index contributed by atoms with van der Waals surface area (Å²) in [5.41, 5.74) is 2.05. The van der Waals surface area contributed by atoms with Gasteiger partial charge in [0.05, 0.1) is 17.2 Å². The molecule has 0 aliphatic heterocycles. The molecule has 214 valence electrons. The van der Waals surface area contributed by atoms with Gasteiger partial charge in [0.15, 0.2) is 0 Å². The highest BCUT2D eigenvalue weighted by Gasteiger charge is 2.32. The molecular formula is C30H36FN3O5S. The molecule has 0 aliphatic rings. The van der Waals surface area contributed by atoms with Gasteiger partial charge in [-0.1, -0.05) is 29.8 Å². The van der Waals surface area contributed by atoms with E-state index in [1.165, 1.54) is 4.90 Å². The first-order valence-electron chi connectivity index (χ1n) is 13.1. The summed E-state index contributed by atoms with van der Waals surface area (Å²) in [5.74, 6) is -0.982. The fourth-order valence-electron chi connectivity index (χ4n) is 4.02. The van der Waals surface area contributed by atoms with Crippen LogP contribution in [0.2, 0.25) is 0 Å². The third kappa shape index (κ3) is 7.81. The molecule has 1 N–H and O–H groups in total. The van der Waals surface area contributed by atoms with E-state index in [1.54, 1.807) is 31.2 Å². The van der Waals surface area contributed by atoms with Gasteiger partial charge in [0.1, 0.15) is 24.2 Å². The molecule has 3 rings (SSSR count). The van der Waals surface area contributed by atoms with Gasteiger partial charge in [0.2, 0.25) is 11.8 Å². The maximum atomic E-state index is 13.9. The first-order chi connectivity index (χ1) is 18.9. The Morgan fingerprint density at radius 1 is 0.925 bits per heavy atom. The number of carbonyl (C=O) groups is 2. The molecule has 0 unspecified atom stereocenters. The molecule has 0 fully saturated rings. The molecule has 0 spiro atoms. The quantitative estimate of drug-likeness (QED) is 0.342. The highest BCUT2D eigenvalue weighted by Crippen LogP contribution is 2.27. The van der Waals surface area contributed by atoms with E-state index in [1.807, 2.05) is 52.0 Å². The second-order valence-electron chi connectivity index (χ2n) is 9.74. The third-order valence-electron chi connectivity index (χ3n) is 6.19. The minimum absolute atomic E-state index is 0.0967. The van der Waals surface area contributed by atoms with Crippen molar-refractivity contribution < 1.29 is 27.1 Å². The van der Waals surface area contributed by atoms with Gasteiger partial charge in [0.25, 0.3) is 10.0 Å². The fourth-order valence-corrected chi connectivity index (χ4v) is 5.43. The van der Waals surface area contributed by atoms with Crippen LogP contribution in [0.4, 0.5) is 10.1 Å². The highest BCUT2D eigenvalue weighted by molar-refractivity contribution is 7.92.